The summed E-state index contributed by atoms with van der Waals surface area (Å²) in [6.07, 6.45) is 0.655. The van der Waals surface area contributed by atoms with Gasteiger partial charge in [0.15, 0.2) is 6.61 Å². The normalized spacial score (nSPS) is 14.1. The van der Waals surface area contributed by atoms with Crippen LogP contribution in [0.15, 0.2) is 18.2 Å². The highest BCUT2D eigenvalue weighted by atomic mass is 16.5. The molecule has 0 saturated heterocycles. The van der Waals surface area contributed by atoms with Gasteiger partial charge in [-0.1, -0.05) is 0 Å². The zero-order chi connectivity index (χ0) is 13.1. The molecule has 6 nitrogen and oxygen atoms in total. The second-order valence-corrected chi connectivity index (χ2v) is 3.96. The molecule has 1 aliphatic heterocycles. The summed E-state index contributed by atoms with van der Waals surface area (Å²) in [5.41, 5.74) is 6.05. The van der Waals surface area contributed by atoms with E-state index in [1.165, 1.54) is 17.0 Å². The van der Waals surface area contributed by atoms with E-state index in [1.54, 1.807) is 6.07 Å². The molecule has 6 heteroatoms. The molecule has 0 spiro atoms. The molecule has 1 aliphatic rings. The Morgan fingerprint density at radius 2 is 2.28 bits per heavy atom. The number of hydrogen-bond donors (Lipinski definition) is 2. The first-order valence-electron chi connectivity index (χ1n) is 5.64. The number of aromatic carboxylic acids is 1. The Morgan fingerprint density at radius 1 is 1.50 bits per heavy atom. The van der Waals surface area contributed by atoms with Gasteiger partial charge in [0, 0.05) is 6.54 Å². The Bertz CT molecular complexity index is 487. The second kappa shape index (κ2) is 5.05. The number of fused-ring (bicyclic) bond motifs is 1. The first-order chi connectivity index (χ1) is 8.63. The smallest absolute Gasteiger partial charge is 0.335 e. The van der Waals surface area contributed by atoms with Crippen LogP contribution in [0.4, 0.5) is 5.69 Å². The lowest BCUT2D eigenvalue weighted by atomic mass is 10.1. The van der Waals surface area contributed by atoms with Crippen molar-refractivity contribution in [2.75, 3.05) is 24.6 Å². The maximum Gasteiger partial charge on any atom is 0.335 e. The van der Waals surface area contributed by atoms with Gasteiger partial charge in [0.05, 0.1) is 11.3 Å². The molecule has 0 fully saturated rings. The van der Waals surface area contributed by atoms with Gasteiger partial charge in [0.1, 0.15) is 5.75 Å². The molecule has 0 unspecified atom stereocenters. The third kappa shape index (κ3) is 2.28. The number of carboxylic acid groups (broad SMARTS) is 1. The summed E-state index contributed by atoms with van der Waals surface area (Å²) in [5, 5.41) is 8.95. The molecule has 3 N–H and O–H groups in total. The van der Waals surface area contributed by atoms with Crippen LogP contribution in [0.5, 0.6) is 5.75 Å². The van der Waals surface area contributed by atoms with Crippen LogP contribution < -0.4 is 15.4 Å². The highest BCUT2D eigenvalue weighted by molar-refractivity contribution is 5.99. The predicted octanol–water partition coefficient (Wildman–Crippen LogP) is 0.459. The van der Waals surface area contributed by atoms with Gasteiger partial charge < -0.3 is 20.5 Å². The van der Waals surface area contributed by atoms with Crippen LogP contribution in [-0.4, -0.2) is 36.7 Å². The van der Waals surface area contributed by atoms with Gasteiger partial charge in [-0.3, -0.25) is 4.79 Å². The van der Waals surface area contributed by atoms with Gasteiger partial charge in [-0.2, -0.15) is 0 Å². The Morgan fingerprint density at radius 3 is 2.94 bits per heavy atom. The van der Waals surface area contributed by atoms with Crippen LogP contribution in [0.2, 0.25) is 0 Å². The molecule has 96 valence electrons. The van der Waals surface area contributed by atoms with E-state index in [4.69, 9.17) is 15.6 Å². The summed E-state index contributed by atoms with van der Waals surface area (Å²) < 4.78 is 5.27. The summed E-state index contributed by atoms with van der Waals surface area (Å²) in [6, 6.07) is 4.48. The quantitative estimate of drug-likeness (QED) is 0.809. The Hall–Kier alpha value is -2.08. The Balaban J connectivity index is 2.36. The van der Waals surface area contributed by atoms with Crippen molar-refractivity contribution >= 4 is 17.6 Å². The van der Waals surface area contributed by atoms with Crippen molar-refractivity contribution in [1.82, 2.24) is 0 Å². The van der Waals surface area contributed by atoms with Crippen molar-refractivity contribution in [2.45, 2.75) is 6.42 Å². The summed E-state index contributed by atoms with van der Waals surface area (Å²) in [4.78, 5) is 24.2. The van der Waals surface area contributed by atoms with Crippen molar-refractivity contribution in [2.24, 2.45) is 5.73 Å². The number of nitrogens with two attached hydrogens (primary N) is 1. The van der Waals surface area contributed by atoms with E-state index in [2.05, 4.69) is 0 Å². The molecule has 0 radical (unpaired) electrons. The van der Waals surface area contributed by atoms with Gasteiger partial charge in [0.25, 0.3) is 5.91 Å². The number of carboxylic acids is 1. The SMILES string of the molecule is NCCCN1C(=O)COc2ccc(C(=O)O)cc21. The van der Waals surface area contributed by atoms with Crippen molar-refractivity contribution in [3.05, 3.63) is 23.8 Å². The van der Waals surface area contributed by atoms with Gasteiger partial charge in [0.2, 0.25) is 0 Å². The van der Waals surface area contributed by atoms with Crippen molar-refractivity contribution in [3.63, 3.8) is 0 Å². The maximum atomic E-state index is 11.8. The number of hydrogen-bond acceptors (Lipinski definition) is 4. The second-order valence-electron chi connectivity index (χ2n) is 3.96. The van der Waals surface area contributed by atoms with Gasteiger partial charge in [-0.15, -0.1) is 0 Å². The lowest BCUT2D eigenvalue weighted by molar-refractivity contribution is -0.121. The Labute approximate surface area is 104 Å². The molecule has 1 aromatic rings. The van der Waals surface area contributed by atoms with E-state index in [-0.39, 0.29) is 18.1 Å². The van der Waals surface area contributed by atoms with Crippen LogP contribution in [-0.2, 0) is 4.79 Å². The molecule has 0 aromatic heterocycles. The van der Waals surface area contributed by atoms with E-state index in [0.29, 0.717) is 30.9 Å². The number of carbonyl (C=O) groups is 2. The average Bonchev–Trinajstić information content (AvgIpc) is 2.37. The molecule has 18 heavy (non-hydrogen) atoms. The molecule has 1 aromatic carbocycles. The van der Waals surface area contributed by atoms with Crippen molar-refractivity contribution in [1.29, 1.82) is 0 Å². The number of ether oxygens (including phenoxy) is 1. The monoisotopic (exact) mass is 250 g/mol. The van der Waals surface area contributed by atoms with E-state index in [9.17, 15) is 9.59 Å². The number of carbonyl (C=O) groups excluding carboxylic acids is 1. The minimum absolute atomic E-state index is 0.0238. The lowest BCUT2D eigenvalue weighted by Gasteiger charge is -2.29. The predicted molar refractivity (Wildman–Crippen MR) is 64.9 cm³/mol. The first-order valence-corrected chi connectivity index (χ1v) is 5.64. The zero-order valence-electron chi connectivity index (χ0n) is 9.76. The van der Waals surface area contributed by atoms with Crippen LogP contribution in [0.3, 0.4) is 0 Å². The topological polar surface area (TPSA) is 92.9 Å². The fourth-order valence-electron chi connectivity index (χ4n) is 1.83. The van der Waals surface area contributed by atoms with Crippen LogP contribution >= 0.6 is 0 Å². The van der Waals surface area contributed by atoms with Crippen molar-refractivity contribution in [3.8, 4) is 5.75 Å². The van der Waals surface area contributed by atoms with Crippen molar-refractivity contribution < 1.29 is 19.4 Å². The number of nitrogens with zero attached hydrogens (tertiary/aromatic N) is 1. The fourth-order valence-corrected chi connectivity index (χ4v) is 1.83. The minimum atomic E-state index is -1.03. The van der Waals surface area contributed by atoms with Crippen LogP contribution in [0.1, 0.15) is 16.8 Å². The summed E-state index contributed by atoms with van der Waals surface area (Å²) in [5.74, 6) is -0.690. The highest BCUT2D eigenvalue weighted by Gasteiger charge is 2.25. The molecule has 0 saturated carbocycles. The average molecular weight is 250 g/mol. The van der Waals surface area contributed by atoms with Gasteiger partial charge >= 0.3 is 5.97 Å². The number of amides is 1. The number of anilines is 1. The largest absolute Gasteiger partial charge is 0.482 e. The third-order valence-electron chi connectivity index (χ3n) is 2.73. The highest BCUT2D eigenvalue weighted by Crippen LogP contribution is 2.33. The Kier molecular flexibility index (Phi) is 3.47. The summed E-state index contributed by atoms with van der Waals surface area (Å²) in [6.45, 7) is 0.914. The van der Waals surface area contributed by atoms with E-state index < -0.39 is 5.97 Å². The van der Waals surface area contributed by atoms with E-state index in [0.717, 1.165) is 0 Å². The minimum Gasteiger partial charge on any atom is -0.482 e. The zero-order valence-corrected chi connectivity index (χ0v) is 9.76. The summed E-state index contributed by atoms with van der Waals surface area (Å²) in [7, 11) is 0. The molecule has 0 bridgehead atoms. The van der Waals surface area contributed by atoms with E-state index in [1.807, 2.05) is 0 Å². The maximum absolute atomic E-state index is 11.8. The lowest BCUT2D eigenvalue weighted by Crippen LogP contribution is -2.40. The standard InChI is InChI=1S/C12H14N2O4/c13-4-1-5-14-9-6-8(12(16)17)2-3-10(9)18-7-11(14)15/h2-3,6H,1,4-5,7,13H2,(H,16,17). The molecule has 0 aliphatic carbocycles. The van der Waals surface area contributed by atoms with Crippen LogP contribution in [0.25, 0.3) is 0 Å². The molecule has 1 amide bonds. The van der Waals surface area contributed by atoms with E-state index >= 15 is 0 Å². The summed E-state index contributed by atoms with van der Waals surface area (Å²) >= 11 is 0. The first kappa shape index (κ1) is 12.4. The van der Waals surface area contributed by atoms with Crippen LogP contribution in [0, 0.1) is 0 Å². The number of benzene rings is 1. The van der Waals surface area contributed by atoms with Gasteiger partial charge in [-0.25, -0.2) is 4.79 Å². The third-order valence-corrected chi connectivity index (χ3v) is 2.73. The fraction of sp³-hybridized carbons (Fsp3) is 0.333. The molecule has 1 heterocycles. The molecular formula is C12H14N2O4. The molecule has 2 rings (SSSR count). The van der Waals surface area contributed by atoms with Gasteiger partial charge in [-0.05, 0) is 31.2 Å². The molecular weight excluding hydrogens is 236 g/mol. The molecule has 0 atom stereocenters. The number of rotatable bonds is 4.